The zero-order valence-electron chi connectivity index (χ0n) is 15.3. The van der Waals surface area contributed by atoms with Crippen LogP contribution in [0.3, 0.4) is 0 Å². The highest BCUT2D eigenvalue weighted by molar-refractivity contribution is 6.04. The zero-order chi connectivity index (χ0) is 18.7. The average Bonchev–Trinajstić information content (AvgIpc) is 3.05. The molecule has 6 heteroatoms. The fourth-order valence-electron chi connectivity index (χ4n) is 2.76. The third-order valence-corrected chi connectivity index (χ3v) is 4.25. The molecule has 3 N–H and O–H groups in total. The van der Waals surface area contributed by atoms with Crippen LogP contribution in [0.4, 0.5) is 11.6 Å². The van der Waals surface area contributed by atoms with Crippen LogP contribution in [0.2, 0.25) is 0 Å². The van der Waals surface area contributed by atoms with Crippen LogP contribution in [0.1, 0.15) is 35.5 Å². The molecule has 1 aromatic carbocycles. The van der Waals surface area contributed by atoms with Gasteiger partial charge in [0.25, 0.3) is 5.91 Å². The molecule has 3 aromatic rings. The van der Waals surface area contributed by atoms with Gasteiger partial charge in [-0.15, -0.1) is 0 Å². The number of nitrogen functional groups attached to an aromatic ring is 1. The van der Waals surface area contributed by atoms with Gasteiger partial charge in [0.05, 0.1) is 11.4 Å². The molecule has 0 radical (unpaired) electrons. The van der Waals surface area contributed by atoms with Gasteiger partial charge in [-0.1, -0.05) is 24.6 Å². The van der Waals surface area contributed by atoms with Crippen molar-refractivity contribution in [3.8, 4) is 11.3 Å². The van der Waals surface area contributed by atoms with Crippen LogP contribution in [0.5, 0.6) is 0 Å². The first-order valence-electron chi connectivity index (χ1n) is 8.73. The number of nitrogens with two attached hydrogens (primary N) is 1. The highest BCUT2D eigenvalue weighted by atomic mass is 16.1. The monoisotopic (exact) mass is 349 g/mol. The molecule has 134 valence electrons. The third-order valence-electron chi connectivity index (χ3n) is 4.25. The molecule has 1 amide bonds. The first-order valence-corrected chi connectivity index (χ1v) is 8.73. The minimum atomic E-state index is -0.212. The van der Waals surface area contributed by atoms with Crippen LogP contribution in [-0.4, -0.2) is 20.7 Å². The number of rotatable bonds is 5. The van der Waals surface area contributed by atoms with Crippen molar-refractivity contribution in [3.05, 3.63) is 59.3 Å². The fraction of sp³-hybridized carbons (Fsp3) is 0.250. The summed E-state index contributed by atoms with van der Waals surface area (Å²) in [6.45, 7) is 6.83. The van der Waals surface area contributed by atoms with E-state index in [0.717, 1.165) is 35.5 Å². The van der Waals surface area contributed by atoms with Gasteiger partial charge in [0, 0.05) is 17.7 Å². The second-order valence-electron chi connectivity index (χ2n) is 6.14. The lowest BCUT2D eigenvalue weighted by Gasteiger charge is -2.10. The Bertz CT molecular complexity index is 928. The summed E-state index contributed by atoms with van der Waals surface area (Å²) in [5.74, 6) is 0.579. The summed E-state index contributed by atoms with van der Waals surface area (Å²) in [6, 6.07) is 13.0. The molecule has 0 spiro atoms. The van der Waals surface area contributed by atoms with Gasteiger partial charge in [0.15, 0.2) is 0 Å². The Labute approximate surface area is 153 Å². The van der Waals surface area contributed by atoms with Gasteiger partial charge >= 0.3 is 0 Å². The Kier molecular flexibility index (Phi) is 5.02. The average molecular weight is 349 g/mol. The van der Waals surface area contributed by atoms with Gasteiger partial charge in [-0.25, -0.2) is 4.98 Å². The van der Waals surface area contributed by atoms with Crippen molar-refractivity contribution >= 4 is 17.5 Å². The van der Waals surface area contributed by atoms with E-state index in [1.54, 1.807) is 18.2 Å². The molecule has 3 rings (SSSR count). The van der Waals surface area contributed by atoms with Gasteiger partial charge < -0.3 is 11.1 Å². The highest BCUT2D eigenvalue weighted by Crippen LogP contribution is 2.27. The Morgan fingerprint density at radius 1 is 1.15 bits per heavy atom. The van der Waals surface area contributed by atoms with Gasteiger partial charge in [-0.3, -0.25) is 9.48 Å². The molecular formula is C20H23N5O. The second-order valence-corrected chi connectivity index (χ2v) is 6.14. The first-order chi connectivity index (χ1) is 12.5. The number of aryl methyl sites for hydroxylation is 3. The van der Waals surface area contributed by atoms with Gasteiger partial charge in [0.1, 0.15) is 11.6 Å². The predicted molar refractivity (Wildman–Crippen MR) is 104 cm³/mol. The zero-order valence-corrected chi connectivity index (χ0v) is 15.3. The van der Waals surface area contributed by atoms with E-state index in [2.05, 4.69) is 22.3 Å². The number of carbonyl (C=O) groups excluding carboxylic acids is 1. The molecule has 0 aliphatic carbocycles. The van der Waals surface area contributed by atoms with Crippen LogP contribution in [0.25, 0.3) is 11.3 Å². The second kappa shape index (κ2) is 7.39. The molecule has 6 nitrogen and oxygen atoms in total. The Balaban J connectivity index is 1.84. The molecule has 0 saturated carbocycles. The fourth-order valence-corrected chi connectivity index (χ4v) is 2.76. The summed E-state index contributed by atoms with van der Waals surface area (Å²) in [4.78, 5) is 16.7. The van der Waals surface area contributed by atoms with E-state index in [1.165, 1.54) is 0 Å². The topological polar surface area (TPSA) is 85.8 Å². The normalized spacial score (nSPS) is 10.7. The van der Waals surface area contributed by atoms with E-state index in [9.17, 15) is 4.79 Å². The summed E-state index contributed by atoms with van der Waals surface area (Å²) in [6.07, 6.45) is 0.859. The van der Waals surface area contributed by atoms with Crippen molar-refractivity contribution in [2.24, 2.45) is 0 Å². The van der Waals surface area contributed by atoms with Crippen molar-refractivity contribution in [2.75, 3.05) is 11.1 Å². The number of aromatic nitrogens is 3. The maximum Gasteiger partial charge on any atom is 0.256 e. The number of pyridine rings is 1. The summed E-state index contributed by atoms with van der Waals surface area (Å²) in [5, 5.41) is 7.34. The van der Waals surface area contributed by atoms with Gasteiger partial charge in [-0.05, 0) is 50.6 Å². The lowest BCUT2D eigenvalue weighted by Crippen LogP contribution is -2.13. The molecule has 0 aliphatic heterocycles. The molecule has 2 heterocycles. The van der Waals surface area contributed by atoms with Crippen molar-refractivity contribution in [3.63, 3.8) is 0 Å². The Morgan fingerprint density at radius 2 is 1.88 bits per heavy atom. The van der Waals surface area contributed by atoms with Crippen molar-refractivity contribution < 1.29 is 4.79 Å². The van der Waals surface area contributed by atoms with E-state index in [0.29, 0.717) is 17.2 Å². The molecule has 26 heavy (non-hydrogen) atoms. The molecule has 0 saturated heterocycles. The minimum Gasteiger partial charge on any atom is -0.383 e. The molecule has 0 fully saturated rings. The quantitative estimate of drug-likeness (QED) is 0.736. The molecule has 0 bridgehead atoms. The number of carbonyl (C=O) groups is 1. The number of benzene rings is 1. The molecule has 2 aromatic heterocycles. The van der Waals surface area contributed by atoms with Crippen molar-refractivity contribution in [1.29, 1.82) is 0 Å². The predicted octanol–water partition coefficient (Wildman–Crippen LogP) is 3.67. The van der Waals surface area contributed by atoms with Crippen molar-refractivity contribution in [2.45, 2.75) is 33.7 Å². The number of hydrogen-bond acceptors (Lipinski definition) is 4. The van der Waals surface area contributed by atoms with Gasteiger partial charge in [0.2, 0.25) is 0 Å². The third kappa shape index (κ3) is 3.59. The molecular weight excluding hydrogens is 326 g/mol. The van der Waals surface area contributed by atoms with Crippen LogP contribution >= 0.6 is 0 Å². The van der Waals surface area contributed by atoms with Crippen LogP contribution in [0, 0.1) is 6.92 Å². The number of nitrogens with zero attached hydrogens (tertiary/aromatic N) is 3. The smallest absolute Gasteiger partial charge is 0.256 e. The summed E-state index contributed by atoms with van der Waals surface area (Å²) >= 11 is 0. The van der Waals surface area contributed by atoms with Crippen molar-refractivity contribution in [1.82, 2.24) is 14.8 Å². The van der Waals surface area contributed by atoms with Crippen LogP contribution in [0.15, 0.2) is 42.5 Å². The summed E-state index contributed by atoms with van der Waals surface area (Å²) in [5.41, 5.74) is 10.6. The molecule has 0 aliphatic rings. The minimum absolute atomic E-state index is 0.212. The first kappa shape index (κ1) is 17.7. The highest BCUT2D eigenvalue weighted by Gasteiger charge is 2.13. The lowest BCUT2D eigenvalue weighted by molar-refractivity contribution is 0.102. The SMILES string of the molecule is CCc1cc(-c2ccc(NC(=O)c3ccc(C)cc3)nc2N)n(CC)n1. The lowest BCUT2D eigenvalue weighted by atomic mass is 10.1. The maximum absolute atomic E-state index is 12.3. The van der Waals surface area contributed by atoms with Crippen LogP contribution < -0.4 is 11.1 Å². The molecule has 0 atom stereocenters. The van der Waals surface area contributed by atoms with Gasteiger partial charge in [-0.2, -0.15) is 5.10 Å². The van der Waals surface area contributed by atoms with E-state index >= 15 is 0 Å². The maximum atomic E-state index is 12.3. The Morgan fingerprint density at radius 3 is 2.50 bits per heavy atom. The van der Waals surface area contributed by atoms with Crippen LogP contribution in [-0.2, 0) is 13.0 Å². The standard InChI is InChI=1S/C20H23N5O/c1-4-15-12-17(25(5-2)24-15)16-10-11-18(22-19(16)21)23-20(26)14-8-6-13(3)7-9-14/h6-12H,4-5H2,1-3H3,(H3,21,22,23,26). The van der Waals surface area contributed by atoms with E-state index in [4.69, 9.17) is 5.73 Å². The van der Waals surface area contributed by atoms with E-state index < -0.39 is 0 Å². The Hall–Kier alpha value is -3.15. The summed E-state index contributed by atoms with van der Waals surface area (Å²) in [7, 11) is 0. The number of hydrogen-bond donors (Lipinski definition) is 2. The van der Waals surface area contributed by atoms with E-state index in [-0.39, 0.29) is 5.91 Å². The number of amides is 1. The largest absolute Gasteiger partial charge is 0.383 e. The molecule has 0 unspecified atom stereocenters. The summed E-state index contributed by atoms with van der Waals surface area (Å²) < 4.78 is 1.91. The number of nitrogens with one attached hydrogen (secondary N) is 1. The number of anilines is 2. The van der Waals surface area contributed by atoms with E-state index in [1.807, 2.05) is 42.8 Å².